The second kappa shape index (κ2) is 6.36. The van der Waals surface area contributed by atoms with Gasteiger partial charge in [0, 0.05) is 26.7 Å². The zero-order valence-corrected chi connectivity index (χ0v) is 11.9. The van der Waals surface area contributed by atoms with E-state index in [1.807, 2.05) is 6.92 Å². The van der Waals surface area contributed by atoms with Crippen LogP contribution >= 0.6 is 0 Å². The monoisotopic (exact) mass is 241 g/mol. The minimum Gasteiger partial charge on any atom is -0.347 e. The Morgan fingerprint density at radius 2 is 2.06 bits per heavy atom. The highest BCUT2D eigenvalue weighted by molar-refractivity contribution is 5.80. The molecule has 4 nitrogen and oxygen atoms in total. The van der Waals surface area contributed by atoms with Crippen molar-refractivity contribution in [2.75, 3.05) is 33.7 Å². The van der Waals surface area contributed by atoms with Crippen LogP contribution in [0.25, 0.3) is 0 Å². The fraction of sp³-hybridized carbons (Fsp3) is 0.923. The van der Waals surface area contributed by atoms with E-state index in [0.717, 1.165) is 13.1 Å². The lowest BCUT2D eigenvalue weighted by atomic mass is 10.1. The van der Waals surface area contributed by atoms with Gasteiger partial charge in [0.25, 0.3) is 0 Å². The second-order valence-electron chi connectivity index (χ2n) is 5.61. The normalized spacial score (nSPS) is 23.1. The van der Waals surface area contributed by atoms with Crippen molar-refractivity contribution in [1.29, 1.82) is 0 Å². The molecule has 1 fully saturated rings. The minimum atomic E-state index is -0.0712. The lowest BCUT2D eigenvalue weighted by Gasteiger charge is -2.22. The lowest BCUT2D eigenvalue weighted by molar-refractivity contribution is -0.130. The fourth-order valence-electron chi connectivity index (χ4n) is 2.32. The number of hydrogen-bond acceptors (Lipinski definition) is 3. The predicted molar refractivity (Wildman–Crippen MR) is 71.0 cm³/mol. The van der Waals surface area contributed by atoms with Crippen LogP contribution < -0.4 is 5.32 Å². The SMILES string of the molecule is CC(NCC1CCN(C(C)C)C1)C(=O)N(C)C. The summed E-state index contributed by atoms with van der Waals surface area (Å²) in [5.41, 5.74) is 0. The zero-order valence-electron chi connectivity index (χ0n) is 11.9. The zero-order chi connectivity index (χ0) is 13.0. The summed E-state index contributed by atoms with van der Waals surface area (Å²) in [6, 6.07) is 0.568. The third kappa shape index (κ3) is 4.28. The number of rotatable bonds is 5. The Balaban J connectivity index is 2.26. The summed E-state index contributed by atoms with van der Waals surface area (Å²) >= 11 is 0. The van der Waals surface area contributed by atoms with Gasteiger partial charge in [0.05, 0.1) is 6.04 Å². The highest BCUT2D eigenvalue weighted by Crippen LogP contribution is 2.17. The molecule has 0 aromatic carbocycles. The molecule has 0 bridgehead atoms. The number of likely N-dealkylation sites (N-methyl/N-ethyl adjacent to an activating group) is 1. The molecule has 0 aromatic heterocycles. The molecule has 4 heteroatoms. The summed E-state index contributed by atoms with van der Waals surface area (Å²) in [6.07, 6.45) is 1.24. The summed E-state index contributed by atoms with van der Waals surface area (Å²) < 4.78 is 0. The Labute approximate surface area is 105 Å². The number of hydrogen-bond donors (Lipinski definition) is 1. The van der Waals surface area contributed by atoms with Crippen LogP contribution in [0.15, 0.2) is 0 Å². The molecule has 1 N–H and O–H groups in total. The molecular formula is C13H27N3O. The van der Waals surface area contributed by atoms with Crippen LogP contribution in [0, 0.1) is 5.92 Å². The largest absolute Gasteiger partial charge is 0.347 e. The molecule has 0 spiro atoms. The standard InChI is InChI=1S/C13H27N3O/c1-10(2)16-7-6-12(9-16)8-14-11(3)13(17)15(4)5/h10-12,14H,6-9H2,1-5H3. The van der Waals surface area contributed by atoms with Gasteiger partial charge in [-0.1, -0.05) is 0 Å². The van der Waals surface area contributed by atoms with Crippen molar-refractivity contribution in [2.24, 2.45) is 5.92 Å². The van der Waals surface area contributed by atoms with E-state index in [9.17, 15) is 4.79 Å². The van der Waals surface area contributed by atoms with Gasteiger partial charge >= 0.3 is 0 Å². The van der Waals surface area contributed by atoms with E-state index in [4.69, 9.17) is 0 Å². The van der Waals surface area contributed by atoms with Crippen LogP contribution in [0.3, 0.4) is 0 Å². The summed E-state index contributed by atoms with van der Waals surface area (Å²) in [4.78, 5) is 15.8. The minimum absolute atomic E-state index is 0.0712. The lowest BCUT2D eigenvalue weighted by Crippen LogP contribution is -2.43. The Morgan fingerprint density at radius 1 is 1.41 bits per heavy atom. The molecule has 0 aliphatic carbocycles. The molecule has 0 radical (unpaired) electrons. The highest BCUT2D eigenvalue weighted by Gasteiger charge is 2.25. The van der Waals surface area contributed by atoms with Gasteiger partial charge in [-0.15, -0.1) is 0 Å². The third-order valence-electron chi connectivity index (χ3n) is 3.57. The maximum absolute atomic E-state index is 11.7. The summed E-state index contributed by atoms with van der Waals surface area (Å²) in [5, 5.41) is 3.35. The average molecular weight is 241 g/mol. The maximum Gasteiger partial charge on any atom is 0.238 e. The Hall–Kier alpha value is -0.610. The molecule has 1 saturated heterocycles. The van der Waals surface area contributed by atoms with Gasteiger partial charge in [-0.05, 0) is 46.2 Å². The van der Waals surface area contributed by atoms with Gasteiger partial charge in [-0.3, -0.25) is 4.79 Å². The first-order valence-electron chi connectivity index (χ1n) is 6.60. The smallest absolute Gasteiger partial charge is 0.238 e. The number of nitrogens with one attached hydrogen (secondary N) is 1. The molecule has 0 saturated carbocycles. The van der Waals surface area contributed by atoms with E-state index in [1.165, 1.54) is 13.0 Å². The van der Waals surface area contributed by atoms with Crippen LogP contribution in [0.4, 0.5) is 0 Å². The molecule has 100 valence electrons. The average Bonchev–Trinajstić information content (AvgIpc) is 2.73. The van der Waals surface area contributed by atoms with Crippen LogP contribution in [0.5, 0.6) is 0 Å². The molecule has 2 unspecified atom stereocenters. The van der Waals surface area contributed by atoms with Gasteiger partial charge in [0.15, 0.2) is 0 Å². The Kier molecular flexibility index (Phi) is 5.40. The molecular weight excluding hydrogens is 214 g/mol. The summed E-state index contributed by atoms with van der Waals surface area (Å²) in [7, 11) is 3.60. The van der Waals surface area contributed by atoms with Crippen molar-refractivity contribution in [3.8, 4) is 0 Å². The van der Waals surface area contributed by atoms with Gasteiger partial charge < -0.3 is 15.1 Å². The van der Waals surface area contributed by atoms with E-state index in [-0.39, 0.29) is 11.9 Å². The van der Waals surface area contributed by atoms with E-state index < -0.39 is 0 Å². The molecule has 1 heterocycles. The van der Waals surface area contributed by atoms with E-state index in [1.54, 1.807) is 19.0 Å². The molecule has 1 rings (SSSR count). The van der Waals surface area contributed by atoms with Crippen LogP contribution in [-0.4, -0.2) is 61.5 Å². The molecule has 17 heavy (non-hydrogen) atoms. The molecule has 2 atom stereocenters. The number of carbonyl (C=O) groups is 1. The first-order valence-corrected chi connectivity index (χ1v) is 6.60. The Bertz CT molecular complexity index is 253. The van der Waals surface area contributed by atoms with Gasteiger partial charge in [0.2, 0.25) is 5.91 Å². The van der Waals surface area contributed by atoms with Crippen molar-refractivity contribution in [3.05, 3.63) is 0 Å². The molecule has 1 aliphatic rings. The third-order valence-corrected chi connectivity index (χ3v) is 3.57. The van der Waals surface area contributed by atoms with Crippen molar-refractivity contribution in [1.82, 2.24) is 15.1 Å². The van der Waals surface area contributed by atoms with Crippen molar-refractivity contribution < 1.29 is 4.79 Å². The molecule has 1 aliphatic heterocycles. The van der Waals surface area contributed by atoms with Crippen LogP contribution in [0.1, 0.15) is 27.2 Å². The number of likely N-dealkylation sites (tertiary alicyclic amines) is 1. The van der Waals surface area contributed by atoms with E-state index >= 15 is 0 Å². The highest BCUT2D eigenvalue weighted by atomic mass is 16.2. The van der Waals surface area contributed by atoms with Gasteiger partial charge in [0.1, 0.15) is 0 Å². The van der Waals surface area contributed by atoms with E-state index in [2.05, 4.69) is 24.1 Å². The number of amides is 1. The predicted octanol–water partition coefficient (Wildman–Crippen LogP) is 0.783. The summed E-state index contributed by atoms with van der Waals surface area (Å²) in [6.45, 7) is 9.73. The van der Waals surface area contributed by atoms with Crippen molar-refractivity contribution in [2.45, 2.75) is 39.3 Å². The van der Waals surface area contributed by atoms with Crippen LogP contribution in [0.2, 0.25) is 0 Å². The quantitative estimate of drug-likeness (QED) is 0.773. The van der Waals surface area contributed by atoms with Gasteiger partial charge in [-0.2, -0.15) is 0 Å². The second-order valence-corrected chi connectivity index (χ2v) is 5.61. The first-order chi connectivity index (χ1) is 7.91. The van der Waals surface area contributed by atoms with Crippen molar-refractivity contribution >= 4 is 5.91 Å². The van der Waals surface area contributed by atoms with E-state index in [0.29, 0.717) is 12.0 Å². The maximum atomic E-state index is 11.7. The number of nitrogens with zero attached hydrogens (tertiary/aromatic N) is 2. The van der Waals surface area contributed by atoms with Crippen LogP contribution in [-0.2, 0) is 4.79 Å². The number of carbonyl (C=O) groups excluding carboxylic acids is 1. The first kappa shape index (κ1) is 14.5. The van der Waals surface area contributed by atoms with Gasteiger partial charge in [-0.25, -0.2) is 0 Å². The fourth-order valence-corrected chi connectivity index (χ4v) is 2.32. The summed E-state index contributed by atoms with van der Waals surface area (Å²) in [5.74, 6) is 0.846. The Morgan fingerprint density at radius 3 is 2.53 bits per heavy atom. The topological polar surface area (TPSA) is 35.6 Å². The molecule has 1 amide bonds. The van der Waals surface area contributed by atoms with Crippen molar-refractivity contribution in [3.63, 3.8) is 0 Å². The molecule has 0 aromatic rings.